The molecule has 4 nitrogen and oxygen atoms in total. The van der Waals surface area contributed by atoms with E-state index in [0.29, 0.717) is 0 Å². The van der Waals surface area contributed by atoms with Crippen LogP contribution in [0.15, 0.2) is 42.9 Å². The normalized spacial score (nSPS) is 11.4. The van der Waals surface area contributed by atoms with Crippen LogP contribution >= 0.6 is 12.4 Å². The molecule has 26 heavy (non-hydrogen) atoms. The number of imidazole rings is 1. The highest BCUT2D eigenvalue weighted by atomic mass is 35.5. The van der Waals surface area contributed by atoms with E-state index >= 15 is 0 Å². The lowest BCUT2D eigenvalue weighted by molar-refractivity contribution is 0.482. The standard InChI is InChI=1S/C21H28N4.ClH/c1-5-6-7-11-21(3,4)24-20-19(17-8-12-22-13-9-17)23-18-15-16(2)10-14-25(18)20;/h8-10,12-15,24H,5-7,11H2,1-4H3;1H. The van der Waals surface area contributed by atoms with Crippen LogP contribution in [0.25, 0.3) is 16.9 Å². The summed E-state index contributed by atoms with van der Waals surface area (Å²) in [5, 5.41) is 3.77. The second-order valence-electron chi connectivity index (χ2n) is 7.44. The second kappa shape index (κ2) is 8.54. The van der Waals surface area contributed by atoms with E-state index < -0.39 is 0 Å². The molecule has 3 aromatic rings. The van der Waals surface area contributed by atoms with Crippen molar-refractivity contribution in [2.75, 3.05) is 5.32 Å². The van der Waals surface area contributed by atoms with Crippen LogP contribution in [0.2, 0.25) is 0 Å². The Morgan fingerprint density at radius 2 is 1.85 bits per heavy atom. The Bertz CT molecular complexity index is 840. The fraction of sp³-hybridized carbons (Fsp3) is 0.429. The maximum absolute atomic E-state index is 4.90. The molecule has 140 valence electrons. The third kappa shape index (κ3) is 4.55. The van der Waals surface area contributed by atoms with Crippen molar-refractivity contribution in [3.63, 3.8) is 0 Å². The summed E-state index contributed by atoms with van der Waals surface area (Å²) >= 11 is 0. The summed E-state index contributed by atoms with van der Waals surface area (Å²) in [5.74, 6) is 1.06. The zero-order chi connectivity index (χ0) is 17.9. The van der Waals surface area contributed by atoms with Crippen LogP contribution in [0.4, 0.5) is 5.82 Å². The van der Waals surface area contributed by atoms with Gasteiger partial charge in [0.25, 0.3) is 0 Å². The van der Waals surface area contributed by atoms with E-state index in [0.717, 1.165) is 29.1 Å². The Morgan fingerprint density at radius 1 is 1.12 bits per heavy atom. The van der Waals surface area contributed by atoms with Crippen molar-refractivity contribution in [1.29, 1.82) is 0 Å². The molecule has 0 saturated heterocycles. The van der Waals surface area contributed by atoms with Crippen molar-refractivity contribution in [3.8, 4) is 11.3 Å². The lowest BCUT2D eigenvalue weighted by Crippen LogP contribution is -2.31. The second-order valence-corrected chi connectivity index (χ2v) is 7.44. The molecule has 0 bridgehead atoms. The zero-order valence-corrected chi connectivity index (χ0v) is 16.9. The van der Waals surface area contributed by atoms with Gasteiger partial charge in [-0.2, -0.15) is 0 Å². The largest absolute Gasteiger partial charge is 0.364 e. The number of aromatic nitrogens is 3. The van der Waals surface area contributed by atoms with E-state index in [-0.39, 0.29) is 17.9 Å². The van der Waals surface area contributed by atoms with E-state index in [1.165, 1.54) is 24.8 Å². The van der Waals surface area contributed by atoms with Gasteiger partial charge in [-0.15, -0.1) is 12.4 Å². The molecule has 0 atom stereocenters. The van der Waals surface area contributed by atoms with Gasteiger partial charge in [-0.05, 0) is 57.0 Å². The molecule has 3 heterocycles. The number of aryl methyl sites for hydroxylation is 1. The SMILES string of the molecule is CCCCCC(C)(C)Nc1c(-c2ccncc2)nc2cc(C)ccn12.Cl. The van der Waals surface area contributed by atoms with Gasteiger partial charge in [-0.25, -0.2) is 4.98 Å². The molecule has 0 aliphatic carbocycles. The lowest BCUT2D eigenvalue weighted by atomic mass is 9.96. The first kappa shape index (κ1) is 20.2. The first-order valence-corrected chi connectivity index (χ1v) is 9.17. The van der Waals surface area contributed by atoms with Crippen molar-refractivity contribution >= 4 is 23.9 Å². The van der Waals surface area contributed by atoms with Crippen LogP contribution in [-0.4, -0.2) is 19.9 Å². The highest BCUT2D eigenvalue weighted by molar-refractivity contribution is 5.85. The number of hydrogen-bond acceptors (Lipinski definition) is 3. The smallest absolute Gasteiger partial charge is 0.139 e. The average Bonchev–Trinajstić information content (AvgIpc) is 2.92. The average molecular weight is 373 g/mol. The number of halogens is 1. The minimum atomic E-state index is 0. The van der Waals surface area contributed by atoms with Gasteiger partial charge in [0.05, 0.1) is 0 Å². The van der Waals surface area contributed by atoms with E-state index in [2.05, 4.69) is 60.7 Å². The molecule has 1 N–H and O–H groups in total. The molecule has 0 aliphatic heterocycles. The van der Waals surface area contributed by atoms with Crippen LogP contribution in [0.5, 0.6) is 0 Å². The number of rotatable bonds is 7. The van der Waals surface area contributed by atoms with Crippen LogP contribution in [0.3, 0.4) is 0 Å². The molecule has 0 radical (unpaired) electrons. The molecule has 0 saturated carbocycles. The third-order valence-electron chi connectivity index (χ3n) is 4.60. The monoisotopic (exact) mass is 372 g/mol. The van der Waals surface area contributed by atoms with Crippen LogP contribution in [0, 0.1) is 6.92 Å². The Balaban J connectivity index is 0.00000243. The number of anilines is 1. The Labute approximate surface area is 162 Å². The van der Waals surface area contributed by atoms with Gasteiger partial charge < -0.3 is 5.32 Å². The summed E-state index contributed by atoms with van der Waals surface area (Å²) in [7, 11) is 0. The molecule has 3 aromatic heterocycles. The number of fused-ring (bicyclic) bond motifs is 1. The summed E-state index contributed by atoms with van der Waals surface area (Å²) in [6.45, 7) is 8.89. The summed E-state index contributed by atoms with van der Waals surface area (Å²) < 4.78 is 2.16. The summed E-state index contributed by atoms with van der Waals surface area (Å²) in [6.07, 6.45) is 10.6. The van der Waals surface area contributed by atoms with E-state index in [1.807, 2.05) is 24.5 Å². The van der Waals surface area contributed by atoms with Crippen molar-refractivity contribution in [3.05, 3.63) is 48.4 Å². The van der Waals surface area contributed by atoms with Gasteiger partial charge in [0.15, 0.2) is 0 Å². The number of pyridine rings is 2. The minimum Gasteiger partial charge on any atom is -0.364 e. The first-order chi connectivity index (χ1) is 12.0. The molecule has 0 aliphatic rings. The zero-order valence-electron chi connectivity index (χ0n) is 16.1. The highest BCUT2D eigenvalue weighted by Gasteiger charge is 2.22. The summed E-state index contributed by atoms with van der Waals surface area (Å²) in [6, 6.07) is 8.29. The van der Waals surface area contributed by atoms with Gasteiger partial charge in [0, 0.05) is 29.7 Å². The van der Waals surface area contributed by atoms with Gasteiger partial charge in [0.1, 0.15) is 17.2 Å². The molecule has 0 unspecified atom stereocenters. The molecule has 3 rings (SSSR count). The molecular weight excluding hydrogens is 344 g/mol. The fourth-order valence-corrected chi connectivity index (χ4v) is 3.18. The van der Waals surface area contributed by atoms with E-state index in [1.54, 1.807) is 0 Å². The third-order valence-corrected chi connectivity index (χ3v) is 4.60. The maximum atomic E-state index is 4.90. The van der Waals surface area contributed by atoms with E-state index in [4.69, 9.17) is 4.98 Å². The molecule has 0 fully saturated rings. The first-order valence-electron chi connectivity index (χ1n) is 9.17. The van der Waals surface area contributed by atoms with Crippen LogP contribution in [-0.2, 0) is 0 Å². The van der Waals surface area contributed by atoms with Crippen molar-refractivity contribution in [2.45, 2.75) is 58.9 Å². The van der Waals surface area contributed by atoms with Crippen LogP contribution < -0.4 is 5.32 Å². The fourth-order valence-electron chi connectivity index (χ4n) is 3.18. The summed E-state index contributed by atoms with van der Waals surface area (Å²) in [5.41, 5.74) is 4.27. The molecule has 0 amide bonds. The van der Waals surface area contributed by atoms with Crippen molar-refractivity contribution in [2.24, 2.45) is 0 Å². The number of hydrogen-bond donors (Lipinski definition) is 1. The lowest BCUT2D eigenvalue weighted by Gasteiger charge is -2.28. The predicted octanol–water partition coefficient (Wildman–Crippen LogP) is 5.90. The quantitative estimate of drug-likeness (QED) is 0.525. The van der Waals surface area contributed by atoms with E-state index in [9.17, 15) is 0 Å². The molecule has 5 heteroatoms. The van der Waals surface area contributed by atoms with Gasteiger partial charge >= 0.3 is 0 Å². The number of nitrogens with one attached hydrogen (secondary N) is 1. The molecular formula is C21H29ClN4. The predicted molar refractivity (Wildman–Crippen MR) is 112 cm³/mol. The van der Waals surface area contributed by atoms with Crippen LogP contribution in [0.1, 0.15) is 52.0 Å². The number of unbranched alkanes of at least 4 members (excludes halogenated alkanes) is 2. The molecule has 0 spiro atoms. The van der Waals surface area contributed by atoms with Gasteiger partial charge in [-0.1, -0.05) is 26.2 Å². The Morgan fingerprint density at radius 3 is 2.54 bits per heavy atom. The number of nitrogens with zero attached hydrogens (tertiary/aromatic N) is 3. The van der Waals surface area contributed by atoms with Gasteiger partial charge in [-0.3, -0.25) is 9.38 Å². The minimum absolute atomic E-state index is 0. The summed E-state index contributed by atoms with van der Waals surface area (Å²) in [4.78, 5) is 9.04. The topological polar surface area (TPSA) is 42.2 Å². The Kier molecular flexibility index (Phi) is 6.65. The molecule has 0 aromatic carbocycles. The highest BCUT2D eigenvalue weighted by Crippen LogP contribution is 2.32. The Hall–Kier alpha value is -2.07. The van der Waals surface area contributed by atoms with Gasteiger partial charge in [0.2, 0.25) is 0 Å². The maximum Gasteiger partial charge on any atom is 0.139 e. The van der Waals surface area contributed by atoms with Crippen molar-refractivity contribution < 1.29 is 0 Å². The van der Waals surface area contributed by atoms with Crippen molar-refractivity contribution in [1.82, 2.24) is 14.4 Å².